The number of hydrogen-bond acceptors (Lipinski definition) is 1. The Kier molecular flexibility index (Phi) is 3.44. The smallest absolute Gasteiger partial charge is 0.188 e. The zero-order chi connectivity index (χ0) is 8.27. The largest absolute Gasteiger partial charge is 0.287 e. The molecule has 0 N–H and O–H groups in total. The van der Waals surface area contributed by atoms with Crippen LogP contribution in [0.1, 0.15) is 39.0 Å². The summed E-state index contributed by atoms with van der Waals surface area (Å²) in [5, 5.41) is 0.0666. The SMILES string of the molecule is CC(C(=O)S)C1CCCCC1. The molecule has 1 rings (SSSR count). The minimum Gasteiger partial charge on any atom is -0.287 e. The maximum absolute atomic E-state index is 10.9. The van der Waals surface area contributed by atoms with Gasteiger partial charge in [-0.3, -0.25) is 4.79 Å². The van der Waals surface area contributed by atoms with Crippen LogP contribution in [-0.2, 0) is 4.79 Å². The number of hydrogen-bond donors (Lipinski definition) is 1. The van der Waals surface area contributed by atoms with Crippen LogP contribution in [-0.4, -0.2) is 5.12 Å². The standard InChI is InChI=1S/C9H16OS/c1-7(9(10)11)8-5-3-2-4-6-8/h7-8H,2-6H2,1H3,(H,10,11). The molecule has 1 aliphatic carbocycles. The van der Waals surface area contributed by atoms with Crippen molar-refractivity contribution in [1.29, 1.82) is 0 Å². The third kappa shape index (κ3) is 2.51. The number of carbonyl (C=O) groups excluding carboxylic acids is 1. The molecule has 0 aromatic carbocycles. The molecule has 1 unspecified atom stereocenters. The molecular weight excluding hydrogens is 156 g/mol. The molecule has 0 aliphatic heterocycles. The van der Waals surface area contributed by atoms with Crippen LogP contribution < -0.4 is 0 Å². The molecule has 1 aliphatic rings. The molecule has 0 heterocycles. The maximum atomic E-state index is 10.9. The minimum atomic E-state index is 0.0666. The molecule has 0 aromatic heterocycles. The second-order valence-electron chi connectivity index (χ2n) is 3.53. The first-order valence-electron chi connectivity index (χ1n) is 4.44. The van der Waals surface area contributed by atoms with Gasteiger partial charge in [0.25, 0.3) is 0 Å². The highest BCUT2D eigenvalue weighted by atomic mass is 32.1. The summed E-state index contributed by atoms with van der Waals surface area (Å²) in [4.78, 5) is 10.9. The van der Waals surface area contributed by atoms with E-state index < -0.39 is 0 Å². The Hall–Kier alpha value is 0.0200. The van der Waals surface area contributed by atoms with Crippen LogP contribution in [0.5, 0.6) is 0 Å². The van der Waals surface area contributed by atoms with Crippen molar-refractivity contribution in [1.82, 2.24) is 0 Å². The molecule has 64 valence electrons. The lowest BCUT2D eigenvalue weighted by atomic mass is 9.81. The van der Waals surface area contributed by atoms with Crippen LogP contribution >= 0.6 is 12.6 Å². The lowest BCUT2D eigenvalue weighted by Gasteiger charge is -2.25. The number of carbonyl (C=O) groups is 1. The Morgan fingerprint density at radius 3 is 2.36 bits per heavy atom. The second-order valence-corrected chi connectivity index (χ2v) is 3.97. The van der Waals surface area contributed by atoms with Crippen molar-refractivity contribution in [3.8, 4) is 0 Å². The van der Waals surface area contributed by atoms with Crippen molar-refractivity contribution in [2.24, 2.45) is 11.8 Å². The van der Waals surface area contributed by atoms with Crippen LogP contribution in [0.2, 0.25) is 0 Å². The van der Waals surface area contributed by atoms with Crippen LogP contribution in [0.3, 0.4) is 0 Å². The summed E-state index contributed by atoms with van der Waals surface area (Å²) >= 11 is 3.86. The van der Waals surface area contributed by atoms with E-state index in [4.69, 9.17) is 0 Å². The quantitative estimate of drug-likeness (QED) is 0.634. The van der Waals surface area contributed by atoms with Gasteiger partial charge >= 0.3 is 0 Å². The predicted molar refractivity (Wildman–Crippen MR) is 49.7 cm³/mol. The first kappa shape index (κ1) is 9.11. The second kappa shape index (κ2) is 4.15. The fourth-order valence-corrected chi connectivity index (χ4v) is 2.05. The van der Waals surface area contributed by atoms with Crippen molar-refractivity contribution in [2.45, 2.75) is 39.0 Å². The topological polar surface area (TPSA) is 17.1 Å². The Morgan fingerprint density at radius 2 is 1.91 bits per heavy atom. The Morgan fingerprint density at radius 1 is 1.36 bits per heavy atom. The Balaban J connectivity index is 2.38. The number of rotatable bonds is 2. The number of thiol groups is 1. The van der Waals surface area contributed by atoms with Gasteiger partial charge in [0, 0.05) is 5.92 Å². The van der Waals surface area contributed by atoms with E-state index in [-0.39, 0.29) is 11.0 Å². The van der Waals surface area contributed by atoms with E-state index in [1.807, 2.05) is 6.92 Å². The van der Waals surface area contributed by atoms with Gasteiger partial charge in [-0.15, -0.1) is 12.6 Å². The van der Waals surface area contributed by atoms with E-state index >= 15 is 0 Å². The summed E-state index contributed by atoms with van der Waals surface area (Å²) in [5.74, 6) is 0.799. The van der Waals surface area contributed by atoms with E-state index in [1.54, 1.807) is 0 Å². The van der Waals surface area contributed by atoms with Crippen LogP contribution in [0.15, 0.2) is 0 Å². The highest BCUT2D eigenvalue weighted by Gasteiger charge is 2.23. The predicted octanol–water partition coefficient (Wildman–Crippen LogP) is 2.66. The zero-order valence-corrected chi connectivity index (χ0v) is 7.94. The monoisotopic (exact) mass is 172 g/mol. The van der Waals surface area contributed by atoms with E-state index in [0.717, 1.165) is 0 Å². The van der Waals surface area contributed by atoms with Crippen LogP contribution in [0.25, 0.3) is 0 Å². The first-order chi connectivity index (χ1) is 5.22. The fraction of sp³-hybridized carbons (Fsp3) is 0.889. The summed E-state index contributed by atoms with van der Waals surface area (Å²) in [7, 11) is 0. The fourth-order valence-electron chi connectivity index (χ4n) is 1.84. The van der Waals surface area contributed by atoms with E-state index in [0.29, 0.717) is 5.92 Å². The van der Waals surface area contributed by atoms with Crippen molar-refractivity contribution in [3.05, 3.63) is 0 Å². The third-order valence-electron chi connectivity index (χ3n) is 2.75. The summed E-state index contributed by atoms with van der Waals surface area (Å²) < 4.78 is 0. The van der Waals surface area contributed by atoms with Gasteiger partial charge in [0.05, 0.1) is 0 Å². The van der Waals surface area contributed by atoms with Crippen molar-refractivity contribution in [3.63, 3.8) is 0 Å². The van der Waals surface area contributed by atoms with Gasteiger partial charge in [0.2, 0.25) is 0 Å². The van der Waals surface area contributed by atoms with Crippen LogP contribution in [0.4, 0.5) is 0 Å². The molecule has 0 spiro atoms. The molecule has 1 nitrogen and oxygen atoms in total. The Bertz CT molecular complexity index is 138. The molecule has 0 bridgehead atoms. The molecule has 1 fully saturated rings. The molecule has 0 radical (unpaired) electrons. The molecular formula is C9H16OS. The van der Waals surface area contributed by atoms with E-state index in [9.17, 15) is 4.79 Å². The molecule has 0 aromatic rings. The Labute approximate surface area is 74.0 Å². The molecule has 0 amide bonds. The summed E-state index contributed by atoms with van der Waals surface area (Å²) in [6.45, 7) is 2.01. The summed E-state index contributed by atoms with van der Waals surface area (Å²) in [6, 6.07) is 0. The average Bonchev–Trinajstić information content (AvgIpc) is 2.05. The van der Waals surface area contributed by atoms with Gasteiger partial charge in [0.1, 0.15) is 0 Å². The lowest BCUT2D eigenvalue weighted by molar-refractivity contribution is -0.115. The molecule has 1 saturated carbocycles. The van der Waals surface area contributed by atoms with Crippen LogP contribution in [0, 0.1) is 11.8 Å². The minimum absolute atomic E-state index is 0.0666. The summed E-state index contributed by atoms with van der Waals surface area (Å²) in [6.07, 6.45) is 6.41. The average molecular weight is 172 g/mol. The van der Waals surface area contributed by atoms with Gasteiger partial charge in [-0.1, -0.05) is 26.2 Å². The molecule has 1 atom stereocenters. The van der Waals surface area contributed by atoms with Gasteiger partial charge in [-0.25, -0.2) is 0 Å². The maximum Gasteiger partial charge on any atom is 0.188 e. The molecule has 0 saturated heterocycles. The summed E-state index contributed by atoms with van der Waals surface area (Å²) in [5.41, 5.74) is 0. The zero-order valence-electron chi connectivity index (χ0n) is 7.05. The highest BCUT2D eigenvalue weighted by Crippen LogP contribution is 2.30. The van der Waals surface area contributed by atoms with Gasteiger partial charge < -0.3 is 0 Å². The van der Waals surface area contributed by atoms with Gasteiger partial charge in [-0.05, 0) is 18.8 Å². The van der Waals surface area contributed by atoms with Gasteiger partial charge in [-0.2, -0.15) is 0 Å². The lowest BCUT2D eigenvalue weighted by Crippen LogP contribution is -2.19. The molecule has 2 heteroatoms. The third-order valence-corrected chi connectivity index (χ3v) is 3.15. The van der Waals surface area contributed by atoms with Gasteiger partial charge in [0.15, 0.2) is 5.12 Å². The molecule has 11 heavy (non-hydrogen) atoms. The van der Waals surface area contributed by atoms with Crippen molar-refractivity contribution >= 4 is 17.7 Å². The van der Waals surface area contributed by atoms with E-state index in [2.05, 4.69) is 12.6 Å². The first-order valence-corrected chi connectivity index (χ1v) is 4.89. The highest BCUT2D eigenvalue weighted by molar-refractivity contribution is 7.96. The van der Waals surface area contributed by atoms with Crippen molar-refractivity contribution < 1.29 is 4.79 Å². The van der Waals surface area contributed by atoms with Crippen molar-refractivity contribution in [2.75, 3.05) is 0 Å². The van der Waals surface area contributed by atoms with E-state index in [1.165, 1.54) is 32.1 Å². The normalized spacial score (nSPS) is 23.1.